The molecule has 0 bridgehead atoms. The first-order valence-corrected chi connectivity index (χ1v) is 8.13. The van der Waals surface area contributed by atoms with Crippen molar-refractivity contribution in [1.29, 1.82) is 0 Å². The van der Waals surface area contributed by atoms with Crippen LogP contribution in [0, 0.1) is 11.8 Å². The van der Waals surface area contributed by atoms with Crippen LogP contribution in [0.15, 0.2) is 22.7 Å². The fraction of sp³-hybridized carbons (Fsp3) is 0.533. The molecule has 1 saturated carbocycles. The Morgan fingerprint density at radius 3 is 2.70 bits per heavy atom. The van der Waals surface area contributed by atoms with E-state index < -0.39 is 0 Å². The van der Waals surface area contributed by atoms with E-state index in [1.807, 2.05) is 0 Å². The summed E-state index contributed by atoms with van der Waals surface area (Å²) in [7, 11) is 0. The summed E-state index contributed by atoms with van der Waals surface area (Å²) in [5.41, 5.74) is 0.564. The van der Waals surface area contributed by atoms with Crippen molar-refractivity contribution in [3.63, 3.8) is 0 Å². The fourth-order valence-corrected chi connectivity index (χ4v) is 3.18. The first kappa shape index (κ1) is 15.8. The van der Waals surface area contributed by atoms with Crippen LogP contribution in [-0.4, -0.2) is 24.2 Å². The fourth-order valence-electron chi connectivity index (χ4n) is 2.76. The highest BCUT2D eigenvalue weighted by Crippen LogP contribution is 2.29. The Bertz CT molecular complexity index is 481. The SMILES string of the molecule is O=C(NCC1CCCCC1CO)c1ccc(Br)c(Cl)c1. The molecule has 110 valence electrons. The number of rotatable bonds is 4. The minimum Gasteiger partial charge on any atom is -0.396 e. The van der Waals surface area contributed by atoms with E-state index in [9.17, 15) is 9.90 Å². The van der Waals surface area contributed by atoms with E-state index in [0.717, 1.165) is 17.3 Å². The number of hydrogen-bond donors (Lipinski definition) is 2. The number of aliphatic hydroxyl groups excluding tert-OH is 1. The molecule has 0 radical (unpaired) electrons. The van der Waals surface area contributed by atoms with Crippen molar-refractivity contribution in [2.24, 2.45) is 11.8 Å². The van der Waals surface area contributed by atoms with Gasteiger partial charge in [0.1, 0.15) is 0 Å². The van der Waals surface area contributed by atoms with Gasteiger partial charge in [0.15, 0.2) is 0 Å². The maximum absolute atomic E-state index is 12.1. The smallest absolute Gasteiger partial charge is 0.251 e. The molecule has 1 amide bonds. The highest BCUT2D eigenvalue weighted by molar-refractivity contribution is 9.10. The number of benzene rings is 1. The maximum atomic E-state index is 12.1. The summed E-state index contributed by atoms with van der Waals surface area (Å²) >= 11 is 9.30. The molecule has 1 aromatic rings. The van der Waals surface area contributed by atoms with Gasteiger partial charge in [-0.25, -0.2) is 0 Å². The predicted octanol–water partition coefficient (Wildman–Crippen LogP) is 3.63. The van der Waals surface area contributed by atoms with Gasteiger partial charge in [-0.2, -0.15) is 0 Å². The van der Waals surface area contributed by atoms with Gasteiger partial charge >= 0.3 is 0 Å². The summed E-state index contributed by atoms with van der Waals surface area (Å²) in [5, 5.41) is 12.9. The van der Waals surface area contributed by atoms with Crippen LogP contribution >= 0.6 is 27.5 Å². The Kier molecular flexibility index (Phi) is 5.87. The van der Waals surface area contributed by atoms with Crippen molar-refractivity contribution in [3.8, 4) is 0 Å². The van der Waals surface area contributed by atoms with Crippen molar-refractivity contribution in [2.75, 3.05) is 13.2 Å². The van der Waals surface area contributed by atoms with Crippen molar-refractivity contribution in [3.05, 3.63) is 33.3 Å². The summed E-state index contributed by atoms with van der Waals surface area (Å²) in [6, 6.07) is 5.18. The summed E-state index contributed by atoms with van der Waals surface area (Å²) in [6.45, 7) is 0.836. The standard InChI is InChI=1S/C15H19BrClNO2/c16-13-6-5-10(7-14(13)17)15(20)18-8-11-3-1-2-4-12(11)9-19/h5-7,11-12,19H,1-4,8-9H2,(H,18,20). The zero-order chi connectivity index (χ0) is 14.5. The molecular weight excluding hydrogens is 342 g/mol. The molecule has 1 aliphatic rings. The van der Waals surface area contributed by atoms with E-state index in [-0.39, 0.29) is 12.5 Å². The molecule has 0 spiro atoms. The van der Waals surface area contributed by atoms with E-state index in [4.69, 9.17) is 11.6 Å². The van der Waals surface area contributed by atoms with Gasteiger partial charge < -0.3 is 10.4 Å². The number of nitrogens with one attached hydrogen (secondary N) is 1. The third kappa shape index (κ3) is 3.96. The van der Waals surface area contributed by atoms with Crippen LogP contribution in [0.5, 0.6) is 0 Å². The molecule has 20 heavy (non-hydrogen) atoms. The third-order valence-corrected chi connectivity index (χ3v) is 5.24. The molecule has 1 fully saturated rings. The van der Waals surface area contributed by atoms with Gasteiger partial charge in [0.2, 0.25) is 0 Å². The number of hydrogen-bond acceptors (Lipinski definition) is 2. The van der Waals surface area contributed by atoms with E-state index in [1.165, 1.54) is 12.8 Å². The zero-order valence-electron chi connectivity index (χ0n) is 11.2. The van der Waals surface area contributed by atoms with Crippen LogP contribution in [0.25, 0.3) is 0 Å². The van der Waals surface area contributed by atoms with Gasteiger partial charge in [0.05, 0.1) is 5.02 Å². The Labute approximate surface area is 132 Å². The second-order valence-corrected chi connectivity index (χ2v) is 6.59. The van der Waals surface area contributed by atoms with Gasteiger partial charge in [-0.05, 0) is 58.8 Å². The lowest BCUT2D eigenvalue weighted by molar-refractivity contribution is 0.0909. The molecule has 0 saturated heterocycles. The molecule has 2 unspecified atom stereocenters. The molecule has 1 aromatic carbocycles. The summed E-state index contributed by atoms with van der Waals surface area (Å²) in [6.07, 6.45) is 4.49. The molecule has 5 heteroatoms. The molecule has 0 heterocycles. The second-order valence-electron chi connectivity index (χ2n) is 5.33. The Morgan fingerprint density at radius 1 is 1.35 bits per heavy atom. The van der Waals surface area contributed by atoms with Gasteiger partial charge in [-0.15, -0.1) is 0 Å². The van der Waals surface area contributed by atoms with Crippen molar-refractivity contribution in [2.45, 2.75) is 25.7 Å². The third-order valence-electron chi connectivity index (χ3n) is 4.01. The lowest BCUT2D eigenvalue weighted by atomic mass is 9.79. The number of halogens is 2. The Balaban J connectivity index is 1.92. The van der Waals surface area contributed by atoms with Crippen LogP contribution in [0.1, 0.15) is 36.0 Å². The van der Waals surface area contributed by atoms with Gasteiger partial charge in [0, 0.05) is 23.2 Å². The van der Waals surface area contributed by atoms with Crippen LogP contribution in [0.4, 0.5) is 0 Å². The van der Waals surface area contributed by atoms with E-state index >= 15 is 0 Å². The highest BCUT2D eigenvalue weighted by Gasteiger charge is 2.24. The zero-order valence-corrected chi connectivity index (χ0v) is 13.6. The molecule has 1 aliphatic carbocycles. The molecule has 3 nitrogen and oxygen atoms in total. The van der Waals surface area contributed by atoms with Crippen molar-refractivity contribution >= 4 is 33.4 Å². The van der Waals surface area contributed by atoms with E-state index in [2.05, 4.69) is 21.2 Å². The Hall–Kier alpha value is -0.580. The predicted molar refractivity (Wildman–Crippen MR) is 84.0 cm³/mol. The van der Waals surface area contributed by atoms with E-state index in [1.54, 1.807) is 18.2 Å². The summed E-state index contributed by atoms with van der Waals surface area (Å²) < 4.78 is 0.781. The van der Waals surface area contributed by atoms with E-state index in [0.29, 0.717) is 29.0 Å². The summed E-state index contributed by atoms with van der Waals surface area (Å²) in [4.78, 5) is 12.1. The quantitative estimate of drug-likeness (QED) is 0.861. The monoisotopic (exact) mass is 359 g/mol. The van der Waals surface area contributed by atoms with Crippen molar-refractivity contribution < 1.29 is 9.90 Å². The van der Waals surface area contributed by atoms with Crippen molar-refractivity contribution in [1.82, 2.24) is 5.32 Å². The minimum atomic E-state index is -0.110. The van der Waals surface area contributed by atoms with Crippen LogP contribution < -0.4 is 5.32 Å². The van der Waals surface area contributed by atoms with Gasteiger partial charge in [-0.3, -0.25) is 4.79 Å². The highest BCUT2D eigenvalue weighted by atomic mass is 79.9. The number of carbonyl (C=O) groups excluding carboxylic acids is 1. The van der Waals surface area contributed by atoms with Crippen LogP contribution in [0.2, 0.25) is 5.02 Å². The lowest BCUT2D eigenvalue weighted by Crippen LogP contribution is -2.35. The maximum Gasteiger partial charge on any atom is 0.251 e. The number of carbonyl (C=O) groups is 1. The molecule has 0 aromatic heterocycles. The van der Waals surface area contributed by atoms with Gasteiger partial charge in [0.25, 0.3) is 5.91 Å². The minimum absolute atomic E-state index is 0.110. The first-order chi connectivity index (χ1) is 9.61. The van der Waals surface area contributed by atoms with Gasteiger partial charge in [-0.1, -0.05) is 24.4 Å². The summed E-state index contributed by atoms with van der Waals surface area (Å²) in [5.74, 6) is 0.586. The average molecular weight is 361 g/mol. The largest absolute Gasteiger partial charge is 0.396 e. The normalized spacial score (nSPS) is 22.6. The molecule has 2 atom stereocenters. The Morgan fingerprint density at radius 2 is 2.05 bits per heavy atom. The molecule has 2 rings (SSSR count). The topological polar surface area (TPSA) is 49.3 Å². The number of amides is 1. The second kappa shape index (κ2) is 7.43. The first-order valence-electron chi connectivity index (χ1n) is 6.96. The molecule has 2 N–H and O–H groups in total. The molecule has 0 aliphatic heterocycles. The van der Waals surface area contributed by atoms with Crippen LogP contribution in [-0.2, 0) is 0 Å². The lowest BCUT2D eigenvalue weighted by Gasteiger charge is -2.30. The molecular formula is C15H19BrClNO2. The number of aliphatic hydroxyl groups is 1. The van der Waals surface area contributed by atoms with Crippen LogP contribution in [0.3, 0.4) is 0 Å². The average Bonchev–Trinajstić information content (AvgIpc) is 2.47.